The number of nitriles is 1. The number of carboxylic acid groups (broad SMARTS) is 1. The first-order chi connectivity index (χ1) is 12.5. The zero-order chi connectivity index (χ0) is 19.4. The summed E-state index contributed by atoms with van der Waals surface area (Å²) in [6.07, 6.45) is 0.643. The molecule has 1 fully saturated rings. The molecule has 1 aromatic carbocycles. The molecule has 26 heavy (non-hydrogen) atoms. The average Bonchev–Trinajstić information content (AvgIpc) is 3.04. The van der Waals surface area contributed by atoms with Gasteiger partial charge in [-0.25, -0.2) is 4.79 Å². The Morgan fingerprint density at radius 1 is 1.42 bits per heavy atom. The first kappa shape index (κ1) is 21.0. The van der Waals surface area contributed by atoms with Crippen molar-refractivity contribution in [2.75, 3.05) is 13.7 Å². The highest BCUT2D eigenvalue weighted by Gasteiger charge is 2.22. The second-order valence-electron chi connectivity index (χ2n) is 5.64. The molecule has 0 aliphatic carbocycles. The summed E-state index contributed by atoms with van der Waals surface area (Å²) in [6, 6.07) is 12.0. The minimum Gasteiger partial charge on any atom is -0.481 e. The highest BCUT2D eigenvalue weighted by molar-refractivity contribution is 5.78. The molecule has 2 rings (SSSR count). The molecule has 2 unspecified atom stereocenters. The molecule has 140 valence electrons. The molecular weight excluding hydrogens is 340 g/mol. The minimum atomic E-state index is -1.06. The van der Waals surface area contributed by atoms with Crippen molar-refractivity contribution in [3.8, 4) is 6.07 Å². The molecule has 0 aromatic heterocycles. The number of hydrogen-bond acceptors (Lipinski definition) is 6. The fourth-order valence-corrected chi connectivity index (χ4v) is 2.35. The summed E-state index contributed by atoms with van der Waals surface area (Å²) < 4.78 is 9.19. The summed E-state index contributed by atoms with van der Waals surface area (Å²) in [5.41, 5.74) is 1.22. The first-order valence-electron chi connectivity index (χ1n) is 8.10. The average molecular weight is 362 g/mol. The summed E-state index contributed by atoms with van der Waals surface area (Å²) in [5, 5.41) is 19.4. The molecule has 1 saturated heterocycles. The Morgan fingerprint density at radius 3 is 2.62 bits per heavy atom. The van der Waals surface area contributed by atoms with E-state index in [1.54, 1.807) is 0 Å². The van der Waals surface area contributed by atoms with Crippen LogP contribution in [0.1, 0.15) is 24.8 Å². The van der Waals surface area contributed by atoms with Gasteiger partial charge in [0.2, 0.25) is 0 Å². The van der Waals surface area contributed by atoms with Gasteiger partial charge in [-0.1, -0.05) is 30.3 Å². The van der Waals surface area contributed by atoms with Crippen LogP contribution in [0, 0.1) is 17.2 Å². The van der Waals surface area contributed by atoms with E-state index in [0.29, 0.717) is 6.61 Å². The summed E-state index contributed by atoms with van der Waals surface area (Å²) in [7, 11) is 1.20. The van der Waals surface area contributed by atoms with Crippen LogP contribution in [0.25, 0.3) is 0 Å². The van der Waals surface area contributed by atoms with Crippen LogP contribution in [0.4, 0.5) is 4.79 Å². The van der Waals surface area contributed by atoms with Gasteiger partial charge in [-0.3, -0.25) is 9.59 Å². The minimum absolute atomic E-state index is 0.134. The second kappa shape index (κ2) is 11.5. The monoisotopic (exact) mass is 362 g/mol. The molecule has 0 saturated carbocycles. The highest BCUT2D eigenvalue weighted by Crippen LogP contribution is 2.12. The van der Waals surface area contributed by atoms with Crippen LogP contribution < -0.4 is 5.32 Å². The Morgan fingerprint density at radius 2 is 2.12 bits per heavy atom. The van der Waals surface area contributed by atoms with Crippen LogP contribution in [0.3, 0.4) is 0 Å². The lowest BCUT2D eigenvalue weighted by molar-refractivity contribution is -0.150. The smallest absolute Gasteiger partial charge is 0.407 e. The largest absolute Gasteiger partial charge is 0.481 e. The predicted octanol–water partition coefficient (Wildman–Crippen LogP) is 1.89. The van der Waals surface area contributed by atoms with E-state index in [1.165, 1.54) is 12.7 Å². The fourth-order valence-electron chi connectivity index (χ4n) is 2.35. The highest BCUT2D eigenvalue weighted by atomic mass is 16.6. The molecule has 0 radical (unpaired) electrons. The number of esters is 1. The van der Waals surface area contributed by atoms with Gasteiger partial charge in [0, 0.05) is 6.42 Å². The van der Waals surface area contributed by atoms with Crippen LogP contribution in [0.2, 0.25) is 0 Å². The maximum absolute atomic E-state index is 11.0. The number of carbonyl (C=O) groups excluding carboxylic acids is 2. The van der Waals surface area contributed by atoms with E-state index < -0.39 is 17.9 Å². The van der Waals surface area contributed by atoms with E-state index in [-0.39, 0.29) is 31.4 Å². The second-order valence-corrected chi connectivity index (χ2v) is 5.64. The maximum atomic E-state index is 11.0. The van der Waals surface area contributed by atoms with Crippen molar-refractivity contribution in [2.45, 2.75) is 31.7 Å². The van der Waals surface area contributed by atoms with Gasteiger partial charge in [-0.2, -0.15) is 5.26 Å². The maximum Gasteiger partial charge on any atom is 0.407 e. The first-order valence-corrected chi connectivity index (χ1v) is 8.10. The van der Waals surface area contributed by atoms with Crippen molar-refractivity contribution < 1.29 is 29.0 Å². The summed E-state index contributed by atoms with van der Waals surface area (Å²) in [5.74, 6) is -2.34. The van der Waals surface area contributed by atoms with Crippen LogP contribution in [-0.4, -0.2) is 42.9 Å². The number of nitrogens with zero attached hydrogens (tertiary/aromatic N) is 1. The SMILES string of the molecule is COC(=O)C(CCC#N)CC(=O)O.O=C1NC(Cc2ccccc2)CO1. The van der Waals surface area contributed by atoms with Crippen LogP contribution in [-0.2, 0) is 25.5 Å². The van der Waals surface area contributed by atoms with E-state index >= 15 is 0 Å². The lowest BCUT2D eigenvalue weighted by Crippen LogP contribution is -2.28. The standard InChI is InChI=1S/C10H11NO2.C8H11NO4/c12-10-11-9(7-13-10)6-8-4-2-1-3-5-8;1-13-8(12)6(3-2-4-9)5-7(10)11/h1-5,9H,6-7H2,(H,11,12);6H,2-3,5H2,1H3,(H,10,11). The van der Waals surface area contributed by atoms with Gasteiger partial charge in [-0.05, 0) is 18.4 Å². The van der Waals surface area contributed by atoms with Crippen LogP contribution in [0.15, 0.2) is 30.3 Å². The third-order valence-corrected chi connectivity index (χ3v) is 3.62. The van der Waals surface area contributed by atoms with Crippen molar-refractivity contribution in [1.82, 2.24) is 5.32 Å². The molecule has 2 N–H and O–H groups in total. The topological polar surface area (TPSA) is 126 Å². The number of carboxylic acids is 1. The summed E-state index contributed by atoms with van der Waals surface area (Å²) in [4.78, 5) is 32.0. The van der Waals surface area contributed by atoms with Crippen molar-refractivity contribution in [3.05, 3.63) is 35.9 Å². The number of cyclic esters (lactones) is 1. The number of hydrogen-bond donors (Lipinski definition) is 2. The number of nitrogens with one attached hydrogen (secondary N) is 1. The molecule has 2 atom stereocenters. The summed E-state index contributed by atoms with van der Waals surface area (Å²) in [6.45, 7) is 0.480. The van der Waals surface area contributed by atoms with E-state index in [9.17, 15) is 14.4 Å². The molecule has 1 aliphatic heterocycles. The molecule has 1 amide bonds. The van der Waals surface area contributed by atoms with E-state index in [4.69, 9.17) is 15.1 Å². The van der Waals surface area contributed by atoms with E-state index in [1.807, 2.05) is 36.4 Å². The van der Waals surface area contributed by atoms with Crippen molar-refractivity contribution in [1.29, 1.82) is 5.26 Å². The Labute approximate surface area is 151 Å². The molecule has 8 heteroatoms. The Bertz CT molecular complexity index is 641. The van der Waals surface area contributed by atoms with Gasteiger partial charge in [0.25, 0.3) is 0 Å². The van der Waals surface area contributed by atoms with E-state index in [0.717, 1.165) is 6.42 Å². The third kappa shape index (κ3) is 8.15. The predicted molar refractivity (Wildman–Crippen MR) is 91.0 cm³/mol. The lowest BCUT2D eigenvalue weighted by atomic mass is 10.0. The number of ether oxygens (including phenoxy) is 2. The van der Waals surface area contributed by atoms with Crippen molar-refractivity contribution in [3.63, 3.8) is 0 Å². The number of amides is 1. The van der Waals surface area contributed by atoms with Crippen LogP contribution in [0.5, 0.6) is 0 Å². The van der Waals surface area contributed by atoms with Gasteiger partial charge in [-0.15, -0.1) is 0 Å². The number of alkyl carbamates (subject to hydrolysis) is 1. The zero-order valence-corrected chi connectivity index (χ0v) is 14.5. The van der Waals surface area contributed by atoms with Gasteiger partial charge in [0.1, 0.15) is 6.61 Å². The number of carbonyl (C=O) groups is 3. The molecule has 1 heterocycles. The molecule has 0 spiro atoms. The molecule has 1 aliphatic rings. The molecular formula is C18H22N2O6. The molecule has 8 nitrogen and oxygen atoms in total. The van der Waals surface area contributed by atoms with Gasteiger partial charge in [0.15, 0.2) is 0 Å². The number of methoxy groups -OCH3 is 1. The van der Waals surface area contributed by atoms with Crippen LogP contribution >= 0.6 is 0 Å². The quantitative estimate of drug-likeness (QED) is 0.709. The lowest BCUT2D eigenvalue weighted by Gasteiger charge is -2.09. The number of aliphatic carboxylic acids is 1. The van der Waals surface area contributed by atoms with Crippen molar-refractivity contribution >= 4 is 18.0 Å². The van der Waals surface area contributed by atoms with Gasteiger partial charge < -0.3 is 19.9 Å². The number of benzene rings is 1. The van der Waals surface area contributed by atoms with Crippen molar-refractivity contribution in [2.24, 2.45) is 5.92 Å². The fraction of sp³-hybridized carbons (Fsp3) is 0.444. The Kier molecular flexibility index (Phi) is 9.25. The molecule has 0 bridgehead atoms. The Balaban J connectivity index is 0.000000260. The normalized spacial score (nSPS) is 16.2. The summed E-state index contributed by atoms with van der Waals surface area (Å²) >= 11 is 0. The van der Waals surface area contributed by atoms with Gasteiger partial charge >= 0.3 is 18.0 Å². The Hall–Kier alpha value is -3.08. The van der Waals surface area contributed by atoms with E-state index in [2.05, 4.69) is 10.1 Å². The molecule has 1 aromatic rings. The number of rotatable bonds is 7. The zero-order valence-electron chi connectivity index (χ0n) is 14.5. The van der Waals surface area contributed by atoms with Gasteiger partial charge in [0.05, 0.1) is 31.6 Å². The third-order valence-electron chi connectivity index (χ3n) is 3.62.